The second kappa shape index (κ2) is 12.2. The summed E-state index contributed by atoms with van der Waals surface area (Å²) in [6.45, 7) is 5.03. The van der Waals surface area contributed by atoms with Gasteiger partial charge in [-0.25, -0.2) is 14.3 Å². The molecule has 2 unspecified atom stereocenters. The van der Waals surface area contributed by atoms with Gasteiger partial charge in [-0.2, -0.15) is 23.5 Å². The third kappa shape index (κ3) is 6.49. The highest BCUT2D eigenvalue weighted by Crippen LogP contribution is 2.38. The maximum absolute atomic E-state index is 13.3. The van der Waals surface area contributed by atoms with Crippen molar-refractivity contribution in [2.75, 3.05) is 31.4 Å². The molecule has 0 saturated carbocycles. The molecule has 3 saturated heterocycles. The Bertz CT molecular complexity index is 1900. The van der Waals surface area contributed by atoms with E-state index < -0.39 is 17.7 Å². The average Bonchev–Trinajstić information content (AvgIpc) is 3.69. The second-order valence-electron chi connectivity index (χ2n) is 12.1. The van der Waals surface area contributed by atoms with Crippen LogP contribution in [0.4, 0.5) is 19.0 Å². The van der Waals surface area contributed by atoms with E-state index in [4.69, 9.17) is 29.1 Å². The van der Waals surface area contributed by atoms with Crippen molar-refractivity contribution in [2.45, 2.75) is 44.1 Å². The topological polar surface area (TPSA) is 163 Å². The van der Waals surface area contributed by atoms with Crippen LogP contribution in [0, 0.1) is 11.3 Å². The van der Waals surface area contributed by atoms with Gasteiger partial charge in [0.2, 0.25) is 6.79 Å². The lowest BCUT2D eigenvalue weighted by Crippen LogP contribution is -2.70. The summed E-state index contributed by atoms with van der Waals surface area (Å²) in [5, 5.41) is 31.2. The molecular weight excluding hydrogens is 637 g/mol. The van der Waals surface area contributed by atoms with Crippen molar-refractivity contribution >= 4 is 23.2 Å². The fraction of sp³-hybridized carbons (Fsp3) is 0.344. The number of hydrogen-bond donors (Lipinski definition) is 2. The van der Waals surface area contributed by atoms with E-state index in [-0.39, 0.29) is 31.4 Å². The summed E-state index contributed by atoms with van der Waals surface area (Å²) in [4.78, 5) is 31.1. The number of rotatable bonds is 6. The first-order valence-corrected chi connectivity index (χ1v) is 14.7. The highest BCUT2D eigenvalue weighted by Gasteiger charge is 2.47. The minimum absolute atomic E-state index is 0.0114. The van der Waals surface area contributed by atoms with Crippen LogP contribution in [-0.4, -0.2) is 91.9 Å². The SMILES string of the molecule is CC(C)(O)COc1cc(-c2ccc(N3CC4CC(C3)N4C(=O)c3ccc4c(c3)OCO4)nc2)c2c(C#N)cnn2c1.O=C(O)C(F)(F)F. The number of piperidine rings is 1. The largest absolute Gasteiger partial charge is 0.490 e. The molecule has 2 bridgehead atoms. The molecule has 3 aromatic heterocycles. The van der Waals surface area contributed by atoms with Crippen molar-refractivity contribution in [1.29, 1.82) is 5.26 Å². The van der Waals surface area contributed by atoms with Gasteiger partial charge in [-0.05, 0) is 56.7 Å². The first kappa shape index (κ1) is 32.4. The van der Waals surface area contributed by atoms with Gasteiger partial charge in [0.15, 0.2) is 11.5 Å². The molecule has 0 aliphatic carbocycles. The number of aliphatic hydroxyl groups is 1. The molecule has 0 spiro atoms. The van der Waals surface area contributed by atoms with Gasteiger partial charge in [0.1, 0.15) is 24.2 Å². The number of hydrogen-bond acceptors (Lipinski definition) is 10. The summed E-state index contributed by atoms with van der Waals surface area (Å²) in [5.74, 6) is -0.119. The lowest BCUT2D eigenvalue weighted by atomic mass is 9.86. The number of nitriles is 1. The van der Waals surface area contributed by atoms with Gasteiger partial charge in [0, 0.05) is 36.0 Å². The van der Waals surface area contributed by atoms with Crippen LogP contribution in [0.15, 0.2) is 55.0 Å². The van der Waals surface area contributed by atoms with Gasteiger partial charge in [-0.1, -0.05) is 0 Å². The zero-order valence-electron chi connectivity index (χ0n) is 25.6. The Morgan fingerprint density at radius 1 is 1.08 bits per heavy atom. The molecule has 16 heteroatoms. The zero-order chi connectivity index (χ0) is 34.4. The third-order valence-electron chi connectivity index (χ3n) is 7.97. The minimum Gasteiger partial charge on any atom is -0.489 e. The van der Waals surface area contributed by atoms with Crippen molar-refractivity contribution in [3.8, 4) is 34.4 Å². The molecule has 48 heavy (non-hydrogen) atoms. The van der Waals surface area contributed by atoms with Crippen molar-refractivity contribution in [3.63, 3.8) is 0 Å². The van der Waals surface area contributed by atoms with Gasteiger partial charge >= 0.3 is 12.1 Å². The molecular formula is C32H29F3N6O7. The monoisotopic (exact) mass is 666 g/mol. The van der Waals surface area contributed by atoms with Crippen LogP contribution in [0.3, 0.4) is 0 Å². The lowest BCUT2D eigenvalue weighted by molar-refractivity contribution is -0.192. The van der Waals surface area contributed by atoms with Gasteiger partial charge in [-0.3, -0.25) is 4.79 Å². The molecule has 4 aromatic rings. The van der Waals surface area contributed by atoms with Crippen LogP contribution in [-0.2, 0) is 4.79 Å². The number of carbonyl (C=O) groups is 2. The number of piperazine rings is 1. The second-order valence-corrected chi connectivity index (χ2v) is 12.1. The zero-order valence-corrected chi connectivity index (χ0v) is 25.6. The summed E-state index contributed by atoms with van der Waals surface area (Å²) in [6.07, 6.45) is 0.896. The molecule has 3 fully saturated rings. The summed E-state index contributed by atoms with van der Waals surface area (Å²) >= 11 is 0. The van der Waals surface area contributed by atoms with Crippen LogP contribution >= 0.6 is 0 Å². The van der Waals surface area contributed by atoms with Crippen LogP contribution in [0.2, 0.25) is 0 Å². The summed E-state index contributed by atoms with van der Waals surface area (Å²) in [5.41, 5.74) is 2.28. The van der Waals surface area contributed by atoms with E-state index in [0.717, 1.165) is 23.4 Å². The molecule has 250 valence electrons. The van der Waals surface area contributed by atoms with E-state index in [9.17, 15) is 28.3 Å². The van der Waals surface area contributed by atoms with Crippen LogP contribution in [0.25, 0.3) is 16.6 Å². The Morgan fingerprint density at radius 3 is 2.42 bits per heavy atom. The number of alkyl halides is 3. The molecule has 1 amide bonds. The molecule has 0 radical (unpaired) electrons. The Kier molecular flexibility index (Phi) is 8.25. The van der Waals surface area contributed by atoms with Crippen molar-refractivity contribution < 1.29 is 47.2 Å². The molecule has 2 N–H and O–H groups in total. The van der Waals surface area contributed by atoms with Gasteiger partial charge in [-0.15, -0.1) is 0 Å². The predicted molar refractivity (Wildman–Crippen MR) is 162 cm³/mol. The van der Waals surface area contributed by atoms with Crippen molar-refractivity contribution in [2.24, 2.45) is 0 Å². The number of amides is 1. The predicted octanol–water partition coefficient (Wildman–Crippen LogP) is 3.88. The Labute approximate surface area is 271 Å². The fourth-order valence-corrected chi connectivity index (χ4v) is 5.78. The van der Waals surface area contributed by atoms with Gasteiger partial charge in [0.25, 0.3) is 5.91 Å². The highest BCUT2D eigenvalue weighted by molar-refractivity contribution is 5.96. The smallest absolute Gasteiger partial charge is 0.489 e. The maximum Gasteiger partial charge on any atom is 0.490 e. The standard InChI is InChI=1S/C30H28N6O5.C2HF3O2/c1-30(2,38)16-39-23-9-24(28-20(10-31)12-33-35(28)15-23)19-4-6-27(32-11-19)34-13-21-8-22(14-34)36(21)29(37)18-3-5-25-26(7-18)41-17-40-25;3-2(4,5)1(6)7/h3-7,9,11-12,15,21-22,38H,8,13-14,16-17H2,1-2H3;(H,6,7). The number of halogens is 3. The Hall–Kier alpha value is -5.56. The quantitative estimate of drug-likeness (QED) is 0.307. The molecule has 8 rings (SSSR count). The van der Waals surface area contributed by atoms with E-state index in [1.165, 1.54) is 6.20 Å². The number of ether oxygens (including phenoxy) is 3. The number of nitrogens with zero attached hydrogens (tertiary/aromatic N) is 6. The number of fused-ring (bicyclic) bond motifs is 4. The first-order chi connectivity index (χ1) is 22.7. The van der Waals surface area contributed by atoms with Gasteiger partial charge in [0.05, 0.1) is 41.2 Å². The number of benzene rings is 1. The molecule has 4 aliphatic heterocycles. The average molecular weight is 667 g/mol. The molecule has 2 atom stereocenters. The lowest BCUT2D eigenvalue weighted by Gasteiger charge is -2.56. The van der Waals surface area contributed by atoms with Crippen LogP contribution in [0.1, 0.15) is 36.2 Å². The number of aromatic nitrogens is 3. The number of aliphatic carboxylic acids is 1. The first-order valence-electron chi connectivity index (χ1n) is 14.7. The number of carboxylic acid groups (broad SMARTS) is 1. The highest BCUT2D eigenvalue weighted by atomic mass is 19.4. The third-order valence-corrected chi connectivity index (χ3v) is 7.97. The van der Waals surface area contributed by atoms with Crippen LogP contribution < -0.4 is 19.1 Å². The molecule has 7 heterocycles. The Morgan fingerprint density at radius 2 is 1.79 bits per heavy atom. The normalized spacial score (nSPS) is 18.0. The van der Waals surface area contributed by atoms with Crippen molar-refractivity contribution in [1.82, 2.24) is 19.5 Å². The molecule has 4 aliphatic rings. The maximum atomic E-state index is 13.3. The number of carboxylic acids is 1. The summed E-state index contributed by atoms with van der Waals surface area (Å²) in [7, 11) is 0. The van der Waals surface area contributed by atoms with E-state index in [1.54, 1.807) is 49.0 Å². The van der Waals surface area contributed by atoms with E-state index in [2.05, 4.69) is 16.1 Å². The number of pyridine rings is 2. The van der Waals surface area contributed by atoms with Crippen LogP contribution in [0.5, 0.6) is 17.2 Å². The summed E-state index contributed by atoms with van der Waals surface area (Å²) < 4.78 is 50.0. The van der Waals surface area contributed by atoms with Gasteiger partial charge < -0.3 is 34.2 Å². The van der Waals surface area contributed by atoms with E-state index in [1.807, 2.05) is 23.1 Å². The number of anilines is 1. The molecule has 1 aromatic carbocycles. The minimum atomic E-state index is -5.08. The summed E-state index contributed by atoms with van der Waals surface area (Å²) in [6, 6.07) is 13.6. The van der Waals surface area contributed by atoms with Crippen molar-refractivity contribution in [3.05, 3.63) is 66.1 Å². The fourth-order valence-electron chi connectivity index (χ4n) is 5.78. The molecule has 13 nitrogen and oxygen atoms in total. The number of carbonyl (C=O) groups excluding carboxylic acids is 1. The van der Waals surface area contributed by atoms with E-state index in [0.29, 0.717) is 47.0 Å². The van der Waals surface area contributed by atoms with E-state index >= 15 is 0 Å². The Balaban J connectivity index is 0.000000519.